The molecule has 4 nitrogen and oxygen atoms in total. The Morgan fingerprint density at radius 3 is 2.83 bits per heavy atom. The van der Waals surface area contributed by atoms with Crippen LogP contribution in [-0.4, -0.2) is 23.3 Å². The second-order valence-corrected chi connectivity index (χ2v) is 5.07. The van der Waals surface area contributed by atoms with E-state index in [0.717, 1.165) is 12.8 Å². The largest absolute Gasteiger partial charge is 0.352 e. The van der Waals surface area contributed by atoms with Crippen LogP contribution in [0.3, 0.4) is 0 Å². The molecule has 5 heteroatoms. The summed E-state index contributed by atoms with van der Waals surface area (Å²) in [6, 6.07) is 2.88. The minimum atomic E-state index is -0.204. The summed E-state index contributed by atoms with van der Waals surface area (Å²) < 4.78 is 0. The highest BCUT2D eigenvalue weighted by Crippen LogP contribution is 2.31. The molecular formula is C13H17ClN2O2. The van der Waals surface area contributed by atoms with E-state index in [-0.39, 0.29) is 11.5 Å². The third-order valence-corrected chi connectivity index (χ3v) is 3.98. The zero-order chi connectivity index (χ0) is 13.0. The van der Waals surface area contributed by atoms with Gasteiger partial charge in [0.2, 0.25) is 5.56 Å². The van der Waals surface area contributed by atoms with Crippen molar-refractivity contribution in [3.63, 3.8) is 0 Å². The van der Waals surface area contributed by atoms with Crippen molar-refractivity contribution in [2.75, 3.05) is 12.4 Å². The molecule has 18 heavy (non-hydrogen) atoms. The number of nitrogens with one attached hydrogen (secondary N) is 2. The summed E-state index contributed by atoms with van der Waals surface area (Å²) in [7, 11) is 0. The normalized spacial score (nSPS) is 22.9. The SMILES string of the molecule is O=C(NCC1CCCC1CCl)c1ccc(=O)[nH]c1. The number of aromatic nitrogens is 1. The molecule has 0 saturated heterocycles. The van der Waals surface area contributed by atoms with Crippen LogP contribution >= 0.6 is 11.6 Å². The summed E-state index contributed by atoms with van der Waals surface area (Å²) in [4.78, 5) is 25.2. The van der Waals surface area contributed by atoms with Crippen LogP contribution in [0.25, 0.3) is 0 Å². The van der Waals surface area contributed by atoms with Crippen molar-refractivity contribution < 1.29 is 4.79 Å². The Morgan fingerprint density at radius 1 is 1.39 bits per heavy atom. The quantitative estimate of drug-likeness (QED) is 0.818. The number of carbonyl (C=O) groups is 1. The van der Waals surface area contributed by atoms with E-state index >= 15 is 0 Å². The molecule has 2 N–H and O–H groups in total. The Balaban J connectivity index is 1.88. The first kappa shape index (κ1) is 13.1. The van der Waals surface area contributed by atoms with E-state index in [1.165, 1.54) is 24.8 Å². The smallest absolute Gasteiger partial charge is 0.252 e. The highest BCUT2D eigenvalue weighted by molar-refractivity contribution is 6.18. The molecule has 0 spiro atoms. The summed E-state index contributed by atoms with van der Waals surface area (Å²) in [5.41, 5.74) is 0.277. The van der Waals surface area contributed by atoms with E-state index in [1.807, 2.05) is 0 Å². The molecule has 0 radical (unpaired) electrons. The van der Waals surface area contributed by atoms with Crippen LogP contribution in [-0.2, 0) is 0 Å². The first-order valence-corrected chi connectivity index (χ1v) is 6.77. The van der Waals surface area contributed by atoms with Gasteiger partial charge in [0.15, 0.2) is 0 Å². The van der Waals surface area contributed by atoms with Gasteiger partial charge in [-0.1, -0.05) is 6.42 Å². The van der Waals surface area contributed by atoms with Crippen LogP contribution < -0.4 is 10.9 Å². The van der Waals surface area contributed by atoms with Crippen LogP contribution in [0, 0.1) is 11.8 Å². The second-order valence-electron chi connectivity index (χ2n) is 4.76. The van der Waals surface area contributed by atoms with E-state index in [0.29, 0.717) is 29.8 Å². The lowest BCUT2D eigenvalue weighted by Crippen LogP contribution is -2.31. The predicted octanol–water partition coefficient (Wildman–Crippen LogP) is 1.76. The Bertz CT molecular complexity index is 452. The number of halogens is 1. The van der Waals surface area contributed by atoms with Gasteiger partial charge in [-0.15, -0.1) is 11.6 Å². The zero-order valence-electron chi connectivity index (χ0n) is 10.1. The fraction of sp³-hybridized carbons (Fsp3) is 0.538. The van der Waals surface area contributed by atoms with Gasteiger partial charge in [-0.05, 0) is 30.7 Å². The van der Waals surface area contributed by atoms with Crippen molar-refractivity contribution in [2.24, 2.45) is 11.8 Å². The van der Waals surface area contributed by atoms with E-state index < -0.39 is 0 Å². The monoisotopic (exact) mass is 268 g/mol. The summed E-state index contributed by atoms with van der Waals surface area (Å²) >= 11 is 5.90. The fourth-order valence-electron chi connectivity index (χ4n) is 2.46. The molecule has 2 unspecified atom stereocenters. The molecule has 2 atom stereocenters. The Kier molecular flexibility index (Phi) is 4.42. The third kappa shape index (κ3) is 3.13. The van der Waals surface area contributed by atoms with Crippen molar-refractivity contribution in [1.82, 2.24) is 10.3 Å². The molecule has 0 aliphatic heterocycles. The number of H-pyrrole nitrogens is 1. The molecule has 1 aromatic heterocycles. The first-order valence-electron chi connectivity index (χ1n) is 6.23. The van der Waals surface area contributed by atoms with Crippen molar-refractivity contribution in [3.8, 4) is 0 Å². The lowest BCUT2D eigenvalue weighted by Gasteiger charge is -2.17. The number of carbonyl (C=O) groups excluding carboxylic acids is 1. The molecule has 1 fully saturated rings. The highest BCUT2D eigenvalue weighted by Gasteiger charge is 2.26. The van der Waals surface area contributed by atoms with E-state index in [1.54, 1.807) is 0 Å². The number of alkyl halides is 1. The summed E-state index contributed by atoms with van der Waals surface area (Å²) in [6.07, 6.45) is 4.91. The average Bonchev–Trinajstić information content (AvgIpc) is 2.84. The van der Waals surface area contributed by atoms with Crippen LogP contribution in [0.2, 0.25) is 0 Å². The van der Waals surface area contributed by atoms with E-state index in [4.69, 9.17) is 11.6 Å². The topological polar surface area (TPSA) is 62.0 Å². The van der Waals surface area contributed by atoms with Gasteiger partial charge in [0.1, 0.15) is 0 Å². The molecule has 0 bridgehead atoms. The molecule has 1 aromatic rings. The molecule has 98 valence electrons. The predicted molar refractivity (Wildman–Crippen MR) is 70.9 cm³/mol. The minimum Gasteiger partial charge on any atom is -0.352 e. The van der Waals surface area contributed by atoms with Gasteiger partial charge in [0.25, 0.3) is 5.91 Å². The maximum atomic E-state index is 11.8. The van der Waals surface area contributed by atoms with Crippen LogP contribution in [0.15, 0.2) is 23.1 Å². The average molecular weight is 269 g/mol. The van der Waals surface area contributed by atoms with Gasteiger partial charge in [0.05, 0.1) is 5.56 Å². The van der Waals surface area contributed by atoms with Crippen LogP contribution in [0.5, 0.6) is 0 Å². The van der Waals surface area contributed by atoms with Crippen LogP contribution in [0.1, 0.15) is 29.6 Å². The standard InChI is InChI=1S/C13H17ClN2O2/c14-6-9-2-1-3-10(9)7-16-13(18)11-4-5-12(17)15-8-11/h4-5,8-10H,1-3,6-7H2,(H,15,17)(H,16,18). The van der Waals surface area contributed by atoms with Crippen molar-refractivity contribution in [2.45, 2.75) is 19.3 Å². The molecular weight excluding hydrogens is 252 g/mol. The summed E-state index contributed by atoms with van der Waals surface area (Å²) in [6.45, 7) is 0.662. The van der Waals surface area contributed by atoms with Crippen molar-refractivity contribution in [3.05, 3.63) is 34.2 Å². The Morgan fingerprint density at radius 2 is 2.17 bits per heavy atom. The van der Waals surface area contributed by atoms with Gasteiger partial charge in [0, 0.05) is 24.7 Å². The lowest BCUT2D eigenvalue weighted by atomic mass is 9.98. The molecule has 0 aromatic carbocycles. The van der Waals surface area contributed by atoms with Gasteiger partial charge in [-0.3, -0.25) is 9.59 Å². The van der Waals surface area contributed by atoms with Gasteiger partial charge >= 0.3 is 0 Å². The lowest BCUT2D eigenvalue weighted by molar-refractivity contribution is 0.0944. The van der Waals surface area contributed by atoms with Crippen molar-refractivity contribution in [1.29, 1.82) is 0 Å². The van der Waals surface area contributed by atoms with E-state index in [2.05, 4.69) is 10.3 Å². The molecule has 1 aliphatic carbocycles. The molecule has 1 amide bonds. The number of hydrogen-bond donors (Lipinski definition) is 2. The Hall–Kier alpha value is -1.29. The number of rotatable bonds is 4. The highest BCUT2D eigenvalue weighted by atomic mass is 35.5. The molecule has 1 aliphatic rings. The first-order chi connectivity index (χ1) is 8.70. The molecule has 2 rings (SSSR count). The minimum absolute atomic E-state index is 0.147. The molecule has 1 heterocycles. The number of aromatic amines is 1. The number of pyridine rings is 1. The Labute approximate surface area is 111 Å². The molecule has 1 saturated carbocycles. The van der Waals surface area contributed by atoms with Gasteiger partial charge in [-0.2, -0.15) is 0 Å². The second kappa shape index (κ2) is 6.05. The number of hydrogen-bond acceptors (Lipinski definition) is 2. The summed E-state index contributed by atoms with van der Waals surface area (Å²) in [5.74, 6) is 1.52. The summed E-state index contributed by atoms with van der Waals surface area (Å²) in [5, 5.41) is 2.91. The number of amides is 1. The maximum Gasteiger partial charge on any atom is 0.252 e. The third-order valence-electron chi connectivity index (χ3n) is 3.59. The zero-order valence-corrected chi connectivity index (χ0v) is 10.9. The van der Waals surface area contributed by atoms with Crippen LogP contribution in [0.4, 0.5) is 0 Å². The fourth-order valence-corrected chi connectivity index (χ4v) is 2.87. The van der Waals surface area contributed by atoms with Gasteiger partial charge in [-0.25, -0.2) is 0 Å². The van der Waals surface area contributed by atoms with Crippen molar-refractivity contribution >= 4 is 17.5 Å². The maximum absolute atomic E-state index is 11.8. The van der Waals surface area contributed by atoms with Gasteiger partial charge < -0.3 is 10.3 Å². The van der Waals surface area contributed by atoms with E-state index in [9.17, 15) is 9.59 Å².